The van der Waals surface area contributed by atoms with E-state index in [1.54, 1.807) is 36.0 Å². The highest BCUT2D eigenvalue weighted by molar-refractivity contribution is 7.98. The Balaban J connectivity index is 2.91. The van der Waals surface area contributed by atoms with Crippen molar-refractivity contribution in [2.75, 3.05) is 25.2 Å². The van der Waals surface area contributed by atoms with E-state index in [1.165, 1.54) is 0 Å². The predicted octanol–water partition coefficient (Wildman–Crippen LogP) is 1.70. The Morgan fingerprint density at radius 3 is 2.76 bits per heavy atom. The number of aliphatic hydroxyl groups excluding tert-OH is 1. The van der Waals surface area contributed by atoms with Gasteiger partial charge in [-0.25, -0.2) is 13.1 Å². The molecule has 0 bridgehead atoms. The van der Waals surface area contributed by atoms with Gasteiger partial charge in [-0.15, -0.1) is 0 Å². The first-order valence-corrected chi connectivity index (χ1v) is 9.56. The van der Waals surface area contributed by atoms with Crippen molar-refractivity contribution >= 4 is 21.8 Å². The monoisotopic (exact) mass is 327 g/mol. The van der Waals surface area contributed by atoms with E-state index >= 15 is 0 Å². The molecule has 0 aliphatic carbocycles. The minimum Gasteiger partial charge on any atom is -0.395 e. The fourth-order valence-electron chi connectivity index (χ4n) is 1.69. The Labute approximate surface area is 131 Å². The van der Waals surface area contributed by atoms with Crippen molar-refractivity contribution in [3.8, 4) is 11.8 Å². The van der Waals surface area contributed by atoms with Crippen LogP contribution >= 0.6 is 11.8 Å². The van der Waals surface area contributed by atoms with Crippen LogP contribution < -0.4 is 4.72 Å². The molecule has 0 saturated heterocycles. The number of aliphatic hydroxyl groups is 1. The van der Waals surface area contributed by atoms with E-state index in [9.17, 15) is 8.42 Å². The van der Waals surface area contributed by atoms with Crippen molar-refractivity contribution in [2.24, 2.45) is 5.92 Å². The maximum absolute atomic E-state index is 12.4. The molecule has 0 saturated carbocycles. The average Bonchev–Trinajstić information content (AvgIpc) is 2.46. The Hall–Kier alpha value is -1.00. The SMILES string of the molecule is CSCC(C)CNS(=O)(=O)c1ccccc1C#CCCO. The van der Waals surface area contributed by atoms with Crippen molar-refractivity contribution in [1.29, 1.82) is 0 Å². The van der Waals surface area contributed by atoms with Gasteiger partial charge in [0, 0.05) is 18.5 Å². The highest BCUT2D eigenvalue weighted by Crippen LogP contribution is 2.15. The van der Waals surface area contributed by atoms with E-state index in [0.717, 1.165) is 5.75 Å². The molecule has 0 fully saturated rings. The summed E-state index contributed by atoms with van der Waals surface area (Å²) in [6, 6.07) is 6.64. The van der Waals surface area contributed by atoms with Gasteiger partial charge < -0.3 is 5.11 Å². The van der Waals surface area contributed by atoms with E-state index in [-0.39, 0.29) is 17.4 Å². The number of hydrogen-bond acceptors (Lipinski definition) is 4. The fourth-order valence-corrected chi connectivity index (χ4v) is 3.70. The summed E-state index contributed by atoms with van der Waals surface area (Å²) in [5.41, 5.74) is 0.455. The van der Waals surface area contributed by atoms with Crippen molar-refractivity contribution in [2.45, 2.75) is 18.2 Å². The van der Waals surface area contributed by atoms with E-state index in [2.05, 4.69) is 16.6 Å². The van der Waals surface area contributed by atoms with Gasteiger partial charge >= 0.3 is 0 Å². The smallest absolute Gasteiger partial charge is 0.241 e. The molecule has 0 heterocycles. The molecule has 2 N–H and O–H groups in total. The molecule has 4 nitrogen and oxygen atoms in total. The van der Waals surface area contributed by atoms with Gasteiger partial charge in [-0.2, -0.15) is 11.8 Å². The molecule has 1 aromatic rings. The third kappa shape index (κ3) is 6.10. The summed E-state index contributed by atoms with van der Waals surface area (Å²) in [7, 11) is -3.57. The summed E-state index contributed by atoms with van der Waals surface area (Å²) in [5.74, 6) is 6.72. The third-order valence-corrected chi connectivity index (χ3v) is 5.09. The normalized spacial score (nSPS) is 12.5. The molecule has 0 spiro atoms. The molecular formula is C15H21NO3S2. The van der Waals surface area contributed by atoms with Gasteiger partial charge in [-0.3, -0.25) is 0 Å². The number of thioether (sulfide) groups is 1. The largest absolute Gasteiger partial charge is 0.395 e. The summed E-state index contributed by atoms with van der Waals surface area (Å²) in [6.45, 7) is 2.37. The van der Waals surface area contributed by atoms with Gasteiger partial charge in [0.1, 0.15) is 0 Å². The highest BCUT2D eigenvalue weighted by atomic mass is 32.2. The standard InChI is InChI=1S/C15H21NO3S2/c1-13(12-20-2)11-16-21(18,19)15-9-4-3-7-14(15)8-5-6-10-17/h3-4,7,9,13,16-17H,6,10-12H2,1-2H3. The number of hydrogen-bond donors (Lipinski definition) is 2. The van der Waals surface area contributed by atoms with Gasteiger partial charge in [0.2, 0.25) is 10.0 Å². The van der Waals surface area contributed by atoms with Crippen LogP contribution in [-0.4, -0.2) is 38.7 Å². The molecule has 0 aromatic heterocycles. The summed E-state index contributed by atoms with van der Waals surface area (Å²) in [5, 5.41) is 8.73. The zero-order valence-corrected chi connectivity index (χ0v) is 13.9. The lowest BCUT2D eigenvalue weighted by molar-refractivity contribution is 0.305. The Morgan fingerprint density at radius 2 is 2.10 bits per heavy atom. The molecule has 1 aromatic carbocycles. The molecule has 0 amide bonds. The third-order valence-electron chi connectivity index (χ3n) is 2.71. The Kier molecular flexibility index (Phi) is 7.83. The number of sulfonamides is 1. The number of rotatable bonds is 7. The minimum absolute atomic E-state index is 0.0354. The summed E-state index contributed by atoms with van der Waals surface area (Å²) >= 11 is 1.69. The summed E-state index contributed by atoms with van der Waals surface area (Å²) in [4.78, 5) is 0.187. The maximum Gasteiger partial charge on any atom is 0.241 e. The van der Waals surface area contributed by atoms with Gasteiger partial charge in [0.25, 0.3) is 0 Å². The zero-order valence-electron chi connectivity index (χ0n) is 12.3. The first-order chi connectivity index (χ1) is 10.0. The lowest BCUT2D eigenvalue weighted by Crippen LogP contribution is -2.29. The van der Waals surface area contributed by atoms with Crippen molar-refractivity contribution in [3.63, 3.8) is 0 Å². The van der Waals surface area contributed by atoms with Crippen LogP contribution in [0.1, 0.15) is 18.9 Å². The molecule has 0 radical (unpaired) electrons. The zero-order chi connectivity index (χ0) is 15.7. The quantitative estimate of drug-likeness (QED) is 0.748. The molecule has 0 aliphatic heterocycles. The summed E-state index contributed by atoms with van der Waals surface area (Å²) in [6.07, 6.45) is 2.32. The van der Waals surface area contributed by atoms with E-state index in [4.69, 9.17) is 5.11 Å². The maximum atomic E-state index is 12.4. The topological polar surface area (TPSA) is 66.4 Å². The van der Waals surface area contributed by atoms with Crippen LogP contribution in [0.5, 0.6) is 0 Å². The van der Waals surface area contributed by atoms with Gasteiger partial charge in [0.05, 0.1) is 11.5 Å². The van der Waals surface area contributed by atoms with Crippen molar-refractivity contribution in [1.82, 2.24) is 4.72 Å². The van der Waals surface area contributed by atoms with Gasteiger partial charge in [-0.05, 0) is 30.1 Å². The molecule has 6 heteroatoms. The summed E-state index contributed by atoms with van der Waals surface area (Å²) < 4.78 is 27.4. The van der Waals surface area contributed by atoms with Crippen LogP contribution in [0.25, 0.3) is 0 Å². The lowest BCUT2D eigenvalue weighted by atomic mass is 10.2. The number of benzene rings is 1. The fraction of sp³-hybridized carbons (Fsp3) is 0.467. The van der Waals surface area contributed by atoms with Crippen LogP contribution in [0.4, 0.5) is 0 Å². The predicted molar refractivity (Wildman–Crippen MR) is 87.8 cm³/mol. The molecule has 21 heavy (non-hydrogen) atoms. The second kappa shape index (κ2) is 9.11. The van der Waals surface area contributed by atoms with Crippen LogP contribution in [0.3, 0.4) is 0 Å². The van der Waals surface area contributed by atoms with Crippen LogP contribution in [-0.2, 0) is 10.0 Å². The first-order valence-electron chi connectivity index (χ1n) is 6.68. The van der Waals surface area contributed by atoms with E-state index in [0.29, 0.717) is 18.5 Å². The first kappa shape index (κ1) is 18.1. The Bertz CT molecular complexity index is 603. The molecule has 116 valence electrons. The Morgan fingerprint density at radius 1 is 1.38 bits per heavy atom. The second-order valence-electron chi connectivity index (χ2n) is 4.68. The van der Waals surface area contributed by atoms with Crippen LogP contribution in [0.15, 0.2) is 29.2 Å². The molecule has 1 atom stereocenters. The van der Waals surface area contributed by atoms with Crippen molar-refractivity contribution < 1.29 is 13.5 Å². The van der Waals surface area contributed by atoms with Crippen molar-refractivity contribution in [3.05, 3.63) is 29.8 Å². The van der Waals surface area contributed by atoms with E-state index < -0.39 is 10.0 Å². The average molecular weight is 327 g/mol. The lowest BCUT2D eigenvalue weighted by Gasteiger charge is -2.12. The second-order valence-corrected chi connectivity index (χ2v) is 7.33. The van der Waals surface area contributed by atoms with E-state index in [1.807, 2.05) is 13.2 Å². The molecule has 1 rings (SSSR count). The van der Waals surface area contributed by atoms with Gasteiger partial charge in [0.15, 0.2) is 0 Å². The number of nitrogens with one attached hydrogen (secondary N) is 1. The van der Waals surface area contributed by atoms with Crippen LogP contribution in [0, 0.1) is 17.8 Å². The minimum atomic E-state index is -3.57. The highest BCUT2D eigenvalue weighted by Gasteiger charge is 2.17. The molecular weight excluding hydrogens is 306 g/mol. The molecule has 0 aliphatic rings. The molecule has 1 unspecified atom stereocenters. The van der Waals surface area contributed by atoms with Gasteiger partial charge in [-0.1, -0.05) is 30.9 Å². The van der Waals surface area contributed by atoms with Crippen LogP contribution in [0.2, 0.25) is 0 Å².